The monoisotopic (exact) mass is 475 g/mol. The number of hydrogen-bond acceptors (Lipinski definition) is 6. The zero-order chi connectivity index (χ0) is 24.2. The molecule has 0 spiro atoms. The first-order chi connectivity index (χ1) is 16.3. The molecule has 4 aromatic rings. The van der Waals surface area contributed by atoms with E-state index in [-0.39, 0.29) is 12.3 Å². The minimum Gasteiger partial charge on any atom is -0.496 e. The van der Waals surface area contributed by atoms with Crippen LogP contribution >= 0.6 is 11.3 Å². The Kier molecular flexibility index (Phi) is 7.12. The summed E-state index contributed by atoms with van der Waals surface area (Å²) in [4.78, 5) is 22.6. The molecule has 0 saturated carbocycles. The predicted molar refractivity (Wildman–Crippen MR) is 137 cm³/mol. The molecule has 176 valence electrons. The minimum atomic E-state index is -0.118. The third kappa shape index (κ3) is 5.37. The molecule has 2 aromatic heterocycles. The number of oxazole rings is 1. The van der Waals surface area contributed by atoms with Crippen LogP contribution in [-0.4, -0.2) is 23.0 Å². The number of hydrogen-bond donors (Lipinski definition) is 1. The molecule has 2 heterocycles. The van der Waals surface area contributed by atoms with Gasteiger partial charge in [-0.2, -0.15) is 0 Å². The van der Waals surface area contributed by atoms with Gasteiger partial charge in [0.1, 0.15) is 5.75 Å². The van der Waals surface area contributed by atoms with Crippen LogP contribution in [0.15, 0.2) is 53.1 Å². The van der Waals surface area contributed by atoms with Crippen LogP contribution in [-0.2, 0) is 11.2 Å². The number of aromatic nitrogens is 2. The molecule has 1 amide bonds. The van der Waals surface area contributed by atoms with E-state index in [1.54, 1.807) is 13.3 Å². The third-order valence-corrected chi connectivity index (χ3v) is 6.58. The van der Waals surface area contributed by atoms with Crippen molar-refractivity contribution in [3.8, 4) is 28.3 Å². The zero-order valence-corrected chi connectivity index (χ0v) is 21.0. The fourth-order valence-electron chi connectivity index (χ4n) is 3.74. The molecule has 0 saturated heterocycles. The van der Waals surface area contributed by atoms with Crippen molar-refractivity contribution in [2.24, 2.45) is 0 Å². The Morgan fingerprint density at radius 2 is 1.85 bits per heavy atom. The summed E-state index contributed by atoms with van der Waals surface area (Å²) in [7, 11) is 1.66. The maximum Gasteiger partial charge on any atom is 0.226 e. The van der Waals surface area contributed by atoms with Crippen molar-refractivity contribution in [2.45, 2.75) is 46.5 Å². The third-order valence-electron chi connectivity index (χ3n) is 5.69. The molecule has 0 bridgehead atoms. The molecule has 0 aliphatic heterocycles. The molecular weight excluding hydrogens is 446 g/mol. The minimum absolute atomic E-state index is 0.118. The topological polar surface area (TPSA) is 77.2 Å². The first-order valence-electron chi connectivity index (χ1n) is 11.3. The average Bonchev–Trinajstić information content (AvgIpc) is 3.44. The van der Waals surface area contributed by atoms with Crippen LogP contribution < -0.4 is 10.1 Å². The fourth-order valence-corrected chi connectivity index (χ4v) is 4.59. The summed E-state index contributed by atoms with van der Waals surface area (Å²) < 4.78 is 11.2. The predicted octanol–water partition coefficient (Wildman–Crippen LogP) is 6.79. The number of thiazole rings is 1. The van der Waals surface area contributed by atoms with Crippen LogP contribution in [0.5, 0.6) is 5.75 Å². The van der Waals surface area contributed by atoms with Gasteiger partial charge in [-0.3, -0.25) is 4.79 Å². The number of methoxy groups -OCH3 is 1. The zero-order valence-electron chi connectivity index (χ0n) is 20.1. The summed E-state index contributed by atoms with van der Waals surface area (Å²) in [6.07, 6.45) is 2.40. The first-order valence-corrected chi connectivity index (χ1v) is 12.1. The smallest absolute Gasteiger partial charge is 0.226 e. The molecule has 0 fully saturated rings. The van der Waals surface area contributed by atoms with Gasteiger partial charge in [-0.05, 0) is 49.1 Å². The van der Waals surface area contributed by atoms with Crippen LogP contribution in [0.25, 0.3) is 22.6 Å². The Balaban J connectivity index is 1.36. The van der Waals surface area contributed by atoms with E-state index in [4.69, 9.17) is 9.15 Å². The number of aryl methyl sites for hydroxylation is 3. The number of carbonyl (C=O) groups excluding carboxylic acids is 1. The SMILES string of the molecule is COc1ccc(-c2nc(NC(=O)CCc3ncc(-c4ccc(C(C)C)cc4)o3)sc2C)cc1C. The van der Waals surface area contributed by atoms with Gasteiger partial charge in [-0.15, -0.1) is 11.3 Å². The molecule has 0 atom stereocenters. The second-order valence-corrected chi connectivity index (χ2v) is 9.75. The number of amides is 1. The quantitative estimate of drug-likeness (QED) is 0.304. The fraction of sp³-hybridized carbons (Fsp3) is 0.296. The highest BCUT2D eigenvalue weighted by molar-refractivity contribution is 7.16. The molecular formula is C27H29N3O3S. The van der Waals surface area contributed by atoms with Crippen LogP contribution in [0.3, 0.4) is 0 Å². The highest BCUT2D eigenvalue weighted by Gasteiger charge is 2.15. The first kappa shape index (κ1) is 23.7. The van der Waals surface area contributed by atoms with Gasteiger partial charge in [-0.1, -0.05) is 38.1 Å². The summed E-state index contributed by atoms with van der Waals surface area (Å²) in [5.74, 6) is 2.46. The van der Waals surface area contributed by atoms with Gasteiger partial charge >= 0.3 is 0 Å². The molecule has 1 N–H and O–H groups in total. The molecule has 6 nitrogen and oxygen atoms in total. The lowest BCUT2D eigenvalue weighted by atomic mass is 10.0. The van der Waals surface area contributed by atoms with Gasteiger partial charge in [-0.25, -0.2) is 9.97 Å². The van der Waals surface area contributed by atoms with Gasteiger partial charge in [0.05, 0.1) is 19.0 Å². The van der Waals surface area contributed by atoms with Crippen molar-refractivity contribution in [3.05, 3.63) is 70.6 Å². The summed E-state index contributed by atoms with van der Waals surface area (Å²) in [5.41, 5.74) is 5.17. The molecule has 0 radical (unpaired) electrons. The van der Waals surface area contributed by atoms with E-state index in [2.05, 4.69) is 41.3 Å². The van der Waals surface area contributed by atoms with Crippen molar-refractivity contribution >= 4 is 22.4 Å². The summed E-state index contributed by atoms with van der Waals surface area (Å²) in [5, 5.41) is 3.50. The summed E-state index contributed by atoms with van der Waals surface area (Å²) in [6.45, 7) is 8.34. The maximum absolute atomic E-state index is 12.5. The van der Waals surface area contributed by atoms with Gasteiger partial charge in [0.15, 0.2) is 16.8 Å². The number of carbonyl (C=O) groups is 1. The number of anilines is 1. The molecule has 0 unspecified atom stereocenters. The number of nitrogens with one attached hydrogen (secondary N) is 1. The second kappa shape index (κ2) is 10.2. The lowest BCUT2D eigenvalue weighted by Gasteiger charge is -2.06. The van der Waals surface area contributed by atoms with E-state index >= 15 is 0 Å². The highest BCUT2D eigenvalue weighted by Crippen LogP contribution is 2.33. The standard InChI is InChI=1S/C27H29N3O3S/c1-16(2)19-6-8-20(9-7-19)23-15-28-25(33-23)13-12-24(31)29-27-30-26(18(4)34-27)21-10-11-22(32-5)17(3)14-21/h6-11,14-16H,12-13H2,1-5H3,(H,29,30,31). The second-order valence-electron chi connectivity index (χ2n) is 8.55. The Morgan fingerprint density at radius 3 is 2.53 bits per heavy atom. The van der Waals surface area contributed by atoms with E-state index in [9.17, 15) is 4.79 Å². The van der Waals surface area contributed by atoms with Crippen molar-refractivity contribution in [1.29, 1.82) is 0 Å². The average molecular weight is 476 g/mol. The maximum atomic E-state index is 12.5. The molecule has 4 rings (SSSR count). The molecule has 7 heteroatoms. The van der Waals surface area contributed by atoms with Crippen molar-refractivity contribution in [3.63, 3.8) is 0 Å². The molecule has 2 aromatic carbocycles. The van der Waals surface area contributed by atoms with Gasteiger partial charge in [0.2, 0.25) is 5.91 Å². The lowest BCUT2D eigenvalue weighted by molar-refractivity contribution is -0.116. The van der Waals surface area contributed by atoms with Crippen molar-refractivity contribution in [2.75, 3.05) is 12.4 Å². The largest absolute Gasteiger partial charge is 0.496 e. The Bertz CT molecular complexity index is 1290. The molecule has 0 aliphatic carbocycles. The Labute approximate surface area is 204 Å². The van der Waals surface area contributed by atoms with Gasteiger partial charge in [0, 0.05) is 28.8 Å². The van der Waals surface area contributed by atoms with Crippen LogP contribution in [0.4, 0.5) is 5.13 Å². The van der Waals surface area contributed by atoms with E-state index in [0.717, 1.165) is 33.0 Å². The van der Waals surface area contributed by atoms with Gasteiger partial charge in [0.25, 0.3) is 0 Å². The van der Waals surface area contributed by atoms with Gasteiger partial charge < -0.3 is 14.5 Å². The van der Waals surface area contributed by atoms with Crippen LogP contribution in [0, 0.1) is 13.8 Å². The number of nitrogens with zero attached hydrogens (tertiary/aromatic N) is 2. The van der Waals surface area contributed by atoms with Crippen molar-refractivity contribution in [1.82, 2.24) is 9.97 Å². The summed E-state index contributed by atoms with van der Waals surface area (Å²) in [6, 6.07) is 14.3. The Morgan fingerprint density at radius 1 is 1.12 bits per heavy atom. The Hall–Kier alpha value is -3.45. The molecule has 34 heavy (non-hydrogen) atoms. The number of ether oxygens (including phenoxy) is 1. The van der Waals surface area contributed by atoms with E-state index in [1.807, 2.05) is 44.2 Å². The lowest BCUT2D eigenvalue weighted by Crippen LogP contribution is -2.12. The highest BCUT2D eigenvalue weighted by atomic mass is 32.1. The van der Waals surface area contributed by atoms with E-state index in [0.29, 0.717) is 29.1 Å². The normalized spacial score (nSPS) is 11.1. The summed E-state index contributed by atoms with van der Waals surface area (Å²) >= 11 is 1.47. The van der Waals surface area contributed by atoms with E-state index in [1.165, 1.54) is 16.9 Å². The van der Waals surface area contributed by atoms with Crippen LogP contribution in [0.1, 0.15) is 48.1 Å². The van der Waals surface area contributed by atoms with Crippen molar-refractivity contribution < 1.29 is 13.9 Å². The number of benzene rings is 2. The van der Waals surface area contributed by atoms with Crippen LogP contribution in [0.2, 0.25) is 0 Å². The number of rotatable bonds is 8. The van der Waals surface area contributed by atoms with E-state index < -0.39 is 0 Å². The molecule has 0 aliphatic rings.